The summed E-state index contributed by atoms with van der Waals surface area (Å²) in [5.41, 5.74) is 5.83. The Labute approximate surface area is 302 Å². The van der Waals surface area contributed by atoms with Crippen molar-refractivity contribution in [1.29, 1.82) is 0 Å². The van der Waals surface area contributed by atoms with Crippen molar-refractivity contribution >= 4 is 22.1 Å². The molecule has 0 spiro atoms. The first-order chi connectivity index (χ1) is 25.3. The summed E-state index contributed by atoms with van der Waals surface area (Å²) in [5.74, 6) is 2.29. The Morgan fingerprint density at radius 2 is 1.94 bits per heavy atom. The molecule has 7 atom stereocenters. The van der Waals surface area contributed by atoms with Gasteiger partial charge in [0.1, 0.15) is 23.7 Å². The van der Waals surface area contributed by atoms with Crippen LogP contribution in [0.2, 0.25) is 0 Å². The Morgan fingerprint density at radius 1 is 1.08 bits per heavy atom. The van der Waals surface area contributed by atoms with Crippen LogP contribution in [0.4, 0.5) is 15.8 Å². The van der Waals surface area contributed by atoms with Gasteiger partial charge in [0.15, 0.2) is 0 Å². The lowest BCUT2D eigenvalue weighted by molar-refractivity contribution is -0.0645. The predicted molar refractivity (Wildman–Crippen MR) is 198 cm³/mol. The van der Waals surface area contributed by atoms with Crippen molar-refractivity contribution in [2.24, 2.45) is 24.3 Å². The molecule has 3 aliphatic carbocycles. The van der Waals surface area contributed by atoms with Crippen LogP contribution >= 0.6 is 0 Å². The fourth-order valence-electron chi connectivity index (χ4n) is 10.5. The van der Waals surface area contributed by atoms with Crippen molar-refractivity contribution in [1.82, 2.24) is 25.0 Å². The van der Waals surface area contributed by atoms with Gasteiger partial charge in [-0.3, -0.25) is 9.48 Å². The van der Waals surface area contributed by atoms with Crippen molar-refractivity contribution in [3.63, 3.8) is 0 Å². The predicted octanol–water partition coefficient (Wildman–Crippen LogP) is 7.33. The van der Waals surface area contributed by atoms with E-state index >= 15 is 0 Å². The minimum atomic E-state index is -0.485. The van der Waals surface area contributed by atoms with Gasteiger partial charge in [-0.05, 0) is 128 Å². The molecule has 0 bridgehead atoms. The van der Waals surface area contributed by atoms with Crippen LogP contribution in [0.5, 0.6) is 5.75 Å². The molecular formula is C41H46FN7O3. The molecule has 2 aromatic heterocycles. The van der Waals surface area contributed by atoms with Gasteiger partial charge in [0.2, 0.25) is 0 Å². The fourth-order valence-corrected chi connectivity index (χ4v) is 10.5. The minimum absolute atomic E-state index is 0.255. The third-order valence-corrected chi connectivity index (χ3v) is 13.0. The Kier molecular flexibility index (Phi) is 8.29. The molecule has 1 aliphatic heterocycles. The summed E-state index contributed by atoms with van der Waals surface area (Å²) in [6.07, 6.45) is 11.0. The molecule has 4 aliphatic rings. The molecule has 11 heteroatoms. The largest absolute Gasteiger partial charge is 0.508 e. The zero-order valence-electron chi connectivity index (χ0n) is 29.7. The smallest absolute Gasteiger partial charge is 0.272 e. The third-order valence-electron chi connectivity index (χ3n) is 13.0. The van der Waals surface area contributed by atoms with Crippen LogP contribution in [0.25, 0.3) is 10.8 Å². The highest BCUT2D eigenvalue weighted by atomic mass is 19.1. The molecule has 4 N–H and O–H groups in total. The number of fused-ring (bicyclic) bond motifs is 5. The number of hydrogen-bond acceptors (Lipinski definition) is 8. The van der Waals surface area contributed by atoms with Gasteiger partial charge in [-0.1, -0.05) is 25.1 Å². The summed E-state index contributed by atoms with van der Waals surface area (Å²) in [6, 6.07) is 16.7. The summed E-state index contributed by atoms with van der Waals surface area (Å²) < 4.78 is 23.0. The number of ether oxygens (including phenoxy) is 1. The molecule has 0 amide bonds. The first-order valence-corrected chi connectivity index (χ1v) is 18.9. The zero-order chi connectivity index (χ0) is 35.6. The van der Waals surface area contributed by atoms with E-state index in [0.717, 1.165) is 56.0 Å². The number of unbranched alkanes of at least 4 members (excludes halogenated alkanes) is 1. The van der Waals surface area contributed by atoms with Crippen LogP contribution in [0.3, 0.4) is 0 Å². The lowest BCUT2D eigenvalue weighted by atomic mass is 9.55. The number of H-pyrrole nitrogens is 1. The summed E-state index contributed by atoms with van der Waals surface area (Å²) in [7, 11) is 1.83. The van der Waals surface area contributed by atoms with E-state index in [-0.39, 0.29) is 22.8 Å². The van der Waals surface area contributed by atoms with E-state index in [4.69, 9.17) is 4.74 Å². The molecule has 2 saturated carbocycles. The highest BCUT2D eigenvalue weighted by Crippen LogP contribution is 2.61. The van der Waals surface area contributed by atoms with Gasteiger partial charge in [0.25, 0.3) is 5.56 Å². The number of aromatic hydroxyl groups is 1. The van der Waals surface area contributed by atoms with Crippen LogP contribution in [0, 0.1) is 23.1 Å². The number of phenols is 1. The van der Waals surface area contributed by atoms with Crippen LogP contribution in [0.1, 0.15) is 98.0 Å². The SMILES string of the molecule is Cn1ncnc1[C@H]1c2n[nH]c(=O)c3cc(F)cc(c23)N[C@@H]1c1ccc(NCCCCO[C@H]2CC[C@H]3[C@@H]4CCc5cc(O)ccc5[C@H]4CC[C@]23C)cc1. The standard InChI is InChI=1S/C41H46FN7O3/c1-41-16-15-29-28-12-10-27(50)19-24(28)7-11-30(29)32(41)13-14-34(41)52-18-4-3-17-43-26-8-5-23(6-9-26)37-36(39-44-22-45-49(39)2)38-35-31(40(51)48-47-38)20-25(42)21-33(35)46-37/h5-6,8-10,12,19-22,29-30,32,34,36-37,43,46,50H,3-4,7,11,13-18H2,1-2H3,(H,48,51)/t29-,30-,32+,34+,36-,37-,41+/m1/s1. The maximum absolute atomic E-state index is 14.6. The van der Waals surface area contributed by atoms with E-state index in [1.807, 2.05) is 19.2 Å². The number of anilines is 2. The highest BCUT2D eigenvalue weighted by Gasteiger charge is 2.55. The van der Waals surface area contributed by atoms with Crippen molar-refractivity contribution in [2.75, 3.05) is 23.8 Å². The number of phenolic OH excluding ortho intramolecular Hbond substituents is 1. The number of halogens is 1. The normalized spacial score (nSPS) is 27.4. The molecule has 10 nitrogen and oxygen atoms in total. The van der Waals surface area contributed by atoms with Crippen LogP contribution in [0.15, 0.2) is 65.7 Å². The molecule has 5 aromatic rings. The number of aromatic amines is 1. The maximum atomic E-state index is 14.6. The van der Waals surface area contributed by atoms with Crippen molar-refractivity contribution in [2.45, 2.75) is 82.3 Å². The molecule has 9 rings (SSSR count). The monoisotopic (exact) mass is 703 g/mol. The summed E-state index contributed by atoms with van der Waals surface area (Å²) in [5, 5.41) is 29.3. The average Bonchev–Trinajstić information content (AvgIpc) is 3.72. The summed E-state index contributed by atoms with van der Waals surface area (Å²) in [6.45, 7) is 4.13. The second kappa shape index (κ2) is 13.0. The topological polar surface area (TPSA) is 130 Å². The number of nitrogens with one attached hydrogen (secondary N) is 3. The summed E-state index contributed by atoms with van der Waals surface area (Å²) in [4.78, 5) is 17.2. The maximum Gasteiger partial charge on any atom is 0.272 e. The summed E-state index contributed by atoms with van der Waals surface area (Å²) >= 11 is 0. The van der Waals surface area contributed by atoms with E-state index in [0.29, 0.717) is 46.3 Å². The average molecular weight is 704 g/mol. The third kappa shape index (κ3) is 5.55. The quantitative estimate of drug-likeness (QED) is 0.118. The lowest BCUT2D eigenvalue weighted by Crippen LogP contribution is -2.44. The van der Waals surface area contributed by atoms with Gasteiger partial charge < -0.3 is 20.5 Å². The van der Waals surface area contributed by atoms with Crippen molar-refractivity contribution < 1.29 is 14.2 Å². The van der Waals surface area contributed by atoms with E-state index in [9.17, 15) is 14.3 Å². The molecule has 52 heavy (non-hydrogen) atoms. The fraction of sp³-hybridized carbons (Fsp3) is 0.463. The van der Waals surface area contributed by atoms with E-state index in [1.165, 1.54) is 55.3 Å². The molecule has 0 saturated heterocycles. The molecule has 0 radical (unpaired) electrons. The number of nitrogens with zero attached hydrogens (tertiary/aromatic N) is 4. The van der Waals surface area contributed by atoms with E-state index in [2.05, 4.69) is 68.2 Å². The number of hydrogen-bond donors (Lipinski definition) is 4. The second-order valence-electron chi connectivity index (χ2n) is 15.7. The van der Waals surface area contributed by atoms with Gasteiger partial charge in [-0.25, -0.2) is 14.5 Å². The zero-order valence-corrected chi connectivity index (χ0v) is 29.7. The van der Waals surface area contributed by atoms with Gasteiger partial charge in [0, 0.05) is 37.0 Å². The number of benzene rings is 3. The van der Waals surface area contributed by atoms with Crippen molar-refractivity contribution in [3.8, 4) is 5.75 Å². The van der Waals surface area contributed by atoms with Gasteiger partial charge in [-0.15, -0.1) is 0 Å². The van der Waals surface area contributed by atoms with Crippen LogP contribution in [-0.2, 0) is 18.2 Å². The number of aromatic nitrogens is 5. The molecular weight excluding hydrogens is 657 g/mol. The molecule has 3 aromatic carbocycles. The molecule has 270 valence electrons. The molecule has 3 heterocycles. The minimum Gasteiger partial charge on any atom is -0.508 e. The Bertz CT molecular complexity index is 2180. The first kappa shape index (κ1) is 33.1. The molecule has 2 fully saturated rings. The van der Waals surface area contributed by atoms with Gasteiger partial charge in [0.05, 0.1) is 29.1 Å². The Balaban J connectivity index is 0.807. The van der Waals surface area contributed by atoms with E-state index in [1.54, 1.807) is 4.68 Å². The van der Waals surface area contributed by atoms with E-state index < -0.39 is 11.4 Å². The van der Waals surface area contributed by atoms with Crippen LogP contribution in [-0.4, -0.2) is 49.3 Å². The number of rotatable bonds is 9. The van der Waals surface area contributed by atoms with Gasteiger partial charge in [-0.2, -0.15) is 10.2 Å². The van der Waals surface area contributed by atoms with Crippen LogP contribution < -0.4 is 16.2 Å². The Hall–Kier alpha value is -4.77. The first-order valence-electron chi connectivity index (χ1n) is 18.9. The second-order valence-corrected chi connectivity index (χ2v) is 15.7. The van der Waals surface area contributed by atoms with Gasteiger partial charge >= 0.3 is 0 Å². The molecule has 0 unspecified atom stereocenters. The number of aryl methyl sites for hydroxylation is 2. The lowest BCUT2D eigenvalue weighted by Gasteiger charge is -2.50. The Morgan fingerprint density at radius 3 is 2.77 bits per heavy atom. The van der Waals surface area contributed by atoms with Crippen molar-refractivity contribution in [3.05, 3.63) is 105 Å². The highest BCUT2D eigenvalue weighted by molar-refractivity contribution is 5.97.